The zero-order valence-electron chi connectivity index (χ0n) is 7.34. The third-order valence-electron chi connectivity index (χ3n) is 1.81. The fraction of sp³-hybridized carbons (Fsp3) is 0.625. The van der Waals surface area contributed by atoms with Crippen LogP contribution in [0.15, 0.2) is 10.9 Å². The fourth-order valence-corrected chi connectivity index (χ4v) is 1.14. The SMILES string of the molecule is CCn1[nH]c(CCCN)cc1=O. The van der Waals surface area contributed by atoms with Gasteiger partial charge in [0.05, 0.1) is 0 Å². The van der Waals surface area contributed by atoms with Crippen molar-refractivity contribution in [2.24, 2.45) is 5.73 Å². The summed E-state index contributed by atoms with van der Waals surface area (Å²) in [5.41, 5.74) is 6.38. The smallest absolute Gasteiger partial charge is 0.266 e. The van der Waals surface area contributed by atoms with Crippen LogP contribution in [-0.4, -0.2) is 16.3 Å². The van der Waals surface area contributed by atoms with Gasteiger partial charge >= 0.3 is 0 Å². The summed E-state index contributed by atoms with van der Waals surface area (Å²) < 4.78 is 1.59. The highest BCUT2D eigenvalue weighted by Gasteiger charge is 1.99. The van der Waals surface area contributed by atoms with E-state index in [9.17, 15) is 4.79 Å². The van der Waals surface area contributed by atoms with E-state index in [1.807, 2.05) is 6.92 Å². The summed E-state index contributed by atoms with van der Waals surface area (Å²) in [7, 11) is 0. The van der Waals surface area contributed by atoms with Crippen molar-refractivity contribution >= 4 is 0 Å². The molecule has 68 valence electrons. The lowest BCUT2D eigenvalue weighted by Gasteiger charge is -1.95. The molecule has 1 rings (SSSR count). The Kier molecular flexibility index (Phi) is 3.10. The highest BCUT2D eigenvalue weighted by Crippen LogP contribution is 1.94. The van der Waals surface area contributed by atoms with Crippen LogP contribution in [0.1, 0.15) is 19.0 Å². The molecule has 0 amide bonds. The minimum absolute atomic E-state index is 0.0459. The topological polar surface area (TPSA) is 63.8 Å². The van der Waals surface area contributed by atoms with Crippen LogP contribution in [-0.2, 0) is 13.0 Å². The van der Waals surface area contributed by atoms with Crippen molar-refractivity contribution in [1.29, 1.82) is 0 Å². The predicted molar refractivity (Wildman–Crippen MR) is 48.1 cm³/mol. The summed E-state index contributed by atoms with van der Waals surface area (Å²) in [4.78, 5) is 11.1. The molecule has 0 unspecified atom stereocenters. The van der Waals surface area contributed by atoms with Gasteiger partial charge < -0.3 is 5.73 Å². The van der Waals surface area contributed by atoms with Gasteiger partial charge in [-0.05, 0) is 26.3 Å². The third kappa shape index (κ3) is 1.98. The van der Waals surface area contributed by atoms with Gasteiger partial charge in [0.2, 0.25) is 0 Å². The molecule has 0 aromatic carbocycles. The molecule has 0 atom stereocenters. The Labute approximate surface area is 71.4 Å². The molecule has 1 aromatic rings. The summed E-state index contributed by atoms with van der Waals surface area (Å²) >= 11 is 0. The van der Waals surface area contributed by atoms with Crippen LogP contribution in [0.25, 0.3) is 0 Å². The maximum absolute atomic E-state index is 11.1. The van der Waals surface area contributed by atoms with Crippen molar-refractivity contribution in [2.45, 2.75) is 26.3 Å². The molecule has 0 aliphatic heterocycles. The number of hydrogen-bond donors (Lipinski definition) is 2. The van der Waals surface area contributed by atoms with E-state index in [2.05, 4.69) is 5.10 Å². The van der Waals surface area contributed by atoms with Gasteiger partial charge in [-0.1, -0.05) is 0 Å². The summed E-state index contributed by atoms with van der Waals surface area (Å²) in [5, 5.41) is 3.01. The lowest BCUT2D eigenvalue weighted by molar-refractivity contribution is 0.623. The number of nitrogens with one attached hydrogen (secondary N) is 1. The van der Waals surface area contributed by atoms with Crippen LogP contribution in [0.2, 0.25) is 0 Å². The molecule has 0 fully saturated rings. The van der Waals surface area contributed by atoms with Crippen LogP contribution >= 0.6 is 0 Å². The molecule has 0 aliphatic rings. The summed E-state index contributed by atoms with van der Waals surface area (Å²) in [5.74, 6) is 0. The Morgan fingerprint density at radius 2 is 2.42 bits per heavy atom. The number of hydrogen-bond acceptors (Lipinski definition) is 2. The molecule has 1 aromatic heterocycles. The number of aryl methyl sites for hydroxylation is 2. The molecule has 4 nitrogen and oxygen atoms in total. The van der Waals surface area contributed by atoms with Gasteiger partial charge in [0.15, 0.2) is 0 Å². The van der Waals surface area contributed by atoms with E-state index in [4.69, 9.17) is 5.73 Å². The second kappa shape index (κ2) is 4.11. The van der Waals surface area contributed by atoms with E-state index in [-0.39, 0.29) is 5.56 Å². The molecule has 0 radical (unpaired) electrons. The van der Waals surface area contributed by atoms with Crippen LogP contribution in [0, 0.1) is 0 Å². The molecule has 0 bridgehead atoms. The largest absolute Gasteiger partial charge is 0.330 e. The first-order valence-electron chi connectivity index (χ1n) is 4.26. The standard InChI is InChI=1S/C8H15N3O/c1-2-11-8(12)6-7(10-11)4-3-5-9/h6,10H,2-5,9H2,1H3. The van der Waals surface area contributed by atoms with Crippen molar-refractivity contribution < 1.29 is 0 Å². The molecular formula is C8H15N3O. The monoisotopic (exact) mass is 169 g/mol. The first kappa shape index (κ1) is 9.06. The van der Waals surface area contributed by atoms with Crippen LogP contribution in [0.4, 0.5) is 0 Å². The number of nitrogens with zero attached hydrogens (tertiary/aromatic N) is 1. The Morgan fingerprint density at radius 1 is 1.67 bits per heavy atom. The van der Waals surface area contributed by atoms with Crippen molar-refractivity contribution in [3.05, 3.63) is 22.1 Å². The number of H-pyrrole nitrogens is 1. The molecule has 12 heavy (non-hydrogen) atoms. The van der Waals surface area contributed by atoms with Crippen LogP contribution < -0.4 is 11.3 Å². The third-order valence-corrected chi connectivity index (χ3v) is 1.81. The highest BCUT2D eigenvalue weighted by atomic mass is 16.1. The fourth-order valence-electron chi connectivity index (χ4n) is 1.14. The summed E-state index contributed by atoms with van der Waals surface area (Å²) in [6.07, 6.45) is 1.78. The van der Waals surface area contributed by atoms with Gasteiger partial charge in [0.1, 0.15) is 0 Å². The van der Waals surface area contributed by atoms with Gasteiger partial charge in [-0.15, -0.1) is 0 Å². The van der Waals surface area contributed by atoms with Crippen molar-refractivity contribution in [3.8, 4) is 0 Å². The quantitative estimate of drug-likeness (QED) is 0.670. The Balaban J connectivity index is 2.69. The number of aromatic nitrogens is 2. The first-order valence-corrected chi connectivity index (χ1v) is 4.26. The predicted octanol–water partition coefficient (Wildman–Crippen LogP) is 0.0876. The van der Waals surface area contributed by atoms with E-state index in [0.717, 1.165) is 18.5 Å². The zero-order chi connectivity index (χ0) is 8.97. The van der Waals surface area contributed by atoms with Crippen LogP contribution in [0.5, 0.6) is 0 Å². The van der Waals surface area contributed by atoms with E-state index < -0.39 is 0 Å². The lowest BCUT2D eigenvalue weighted by atomic mass is 10.2. The van der Waals surface area contributed by atoms with Gasteiger partial charge in [-0.2, -0.15) is 0 Å². The molecule has 4 heteroatoms. The number of nitrogens with two attached hydrogens (primary N) is 1. The van der Waals surface area contributed by atoms with E-state index in [1.54, 1.807) is 10.7 Å². The average Bonchev–Trinajstić information content (AvgIpc) is 2.43. The average molecular weight is 169 g/mol. The molecular weight excluding hydrogens is 154 g/mol. The van der Waals surface area contributed by atoms with Crippen molar-refractivity contribution in [1.82, 2.24) is 9.78 Å². The molecule has 0 spiro atoms. The minimum Gasteiger partial charge on any atom is -0.330 e. The van der Waals surface area contributed by atoms with Gasteiger partial charge in [0.25, 0.3) is 5.56 Å². The summed E-state index contributed by atoms with van der Waals surface area (Å²) in [6, 6.07) is 1.64. The maximum Gasteiger partial charge on any atom is 0.266 e. The normalized spacial score (nSPS) is 10.5. The van der Waals surface area contributed by atoms with E-state index >= 15 is 0 Å². The van der Waals surface area contributed by atoms with Crippen LogP contribution in [0.3, 0.4) is 0 Å². The Morgan fingerprint density at radius 3 is 2.92 bits per heavy atom. The molecule has 3 N–H and O–H groups in total. The number of aromatic amines is 1. The maximum atomic E-state index is 11.1. The Hall–Kier alpha value is -1.03. The first-order chi connectivity index (χ1) is 5.77. The molecule has 0 saturated heterocycles. The van der Waals surface area contributed by atoms with E-state index in [1.165, 1.54) is 0 Å². The van der Waals surface area contributed by atoms with Crippen molar-refractivity contribution in [3.63, 3.8) is 0 Å². The van der Waals surface area contributed by atoms with Crippen molar-refractivity contribution in [2.75, 3.05) is 6.54 Å². The molecule has 0 aliphatic carbocycles. The lowest BCUT2D eigenvalue weighted by Crippen LogP contribution is -2.13. The molecule has 0 saturated carbocycles. The highest BCUT2D eigenvalue weighted by molar-refractivity contribution is 4.99. The van der Waals surface area contributed by atoms with Gasteiger partial charge in [0, 0.05) is 18.3 Å². The van der Waals surface area contributed by atoms with E-state index in [0.29, 0.717) is 13.1 Å². The second-order valence-electron chi connectivity index (χ2n) is 2.76. The number of rotatable bonds is 4. The van der Waals surface area contributed by atoms with Gasteiger partial charge in [-0.3, -0.25) is 14.6 Å². The minimum atomic E-state index is 0.0459. The zero-order valence-corrected chi connectivity index (χ0v) is 7.34. The molecule has 1 heterocycles. The van der Waals surface area contributed by atoms with Gasteiger partial charge in [-0.25, -0.2) is 0 Å². The Bertz CT molecular complexity index is 287. The summed E-state index contributed by atoms with van der Waals surface area (Å²) in [6.45, 7) is 3.30. The second-order valence-corrected chi connectivity index (χ2v) is 2.76.